The Kier molecular flexibility index (Phi) is 9.43. The molecule has 0 bridgehead atoms. The van der Waals surface area contributed by atoms with Crippen molar-refractivity contribution in [3.8, 4) is 0 Å². The van der Waals surface area contributed by atoms with Gasteiger partial charge in [0.15, 0.2) is 0 Å². The molecule has 2 heterocycles. The maximum absolute atomic E-state index is 5.90. The van der Waals surface area contributed by atoms with Crippen LogP contribution in [0.25, 0.3) is 0 Å². The van der Waals surface area contributed by atoms with Gasteiger partial charge in [-0.05, 0) is 69.3 Å². The maximum Gasteiger partial charge on any atom is 0.0317 e. The van der Waals surface area contributed by atoms with Gasteiger partial charge in [0.1, 0.15) is 0 Å². The van der Waals surface area contributed by atoms with Crippen LogP contribution in [0.5, 0.6) is 0 Å². The summed E-state index contributed by atoms with van der Waals surface area (Å²) in [7, 11) is 0. The molecule has 0 aromatic heterocycles. The van der Waals surface area contributed by atoms with Crippen molar-refractivity contribution in [2.45, 2.75) is 51.6 Å². The minimum atomic E-state index is 0. The lowest BCUT2D eigenvalue weighted by Crippen LogP contribution is -2.45. The van der Waals surface area contributed by atoms with Crippen LogP contribution in [0.1, 0.15) is 44.6 Å². The van der Waals surface area contributed by atoms with Crippen molar-refractivity contribution < 1.29 is 0 Å². The molecular formula is C19H33Cl2N3. The van der Waals surface area contributed by atoms with Gasteiger partial charge in [-0.25, -0.2) is 0 Å². The molecular weight excluding hydrogens is 341 g/mol. The number of hydrogen-bond donors (Lipinski definition) is 1. The monoisotopic (exact) mass is 373 g/mol. The number of anilines is 1. The van der Waals surface area contributed by atoms with Crippen LogP contribution in [-0.4, -0.2) is 42.0 Å². The average molecular weight is 374 g/mol. The second-order valence-corrected chi connectivity index (χ2v) is 7.33. The smallest absolute Gasteiger partial charge is 0.0317 e. The van der Waals surface area contributed by atoms with Gasteiger partial charge in [0.05, 0.1) is 0 Å². The highest BCUT2D eigenvalue weighted by atomic mass is 35.5. The third-order valence-corrected chi connectivity index (χ3v) is 5.39. The van der Waals surface area contributed by atoms with Gasteiger partial charge in [0.2, 0.25) is 0 Å². The summed E-state index contributed by atoms with van der Waals surface area (Å²) < 4.78 is 0. The predicted molar refractivity (Wildman–Crippen MR) is 108 cm³/mol. The molecule has 2 N–H and O–H groups in total. The Hall–Kier alpha value is -0.480. The molecule has 0 spiro atoms. The van der Waals surface area contributed by atoms with Crippen LogP contribution < -0.4 is 5.73 Å². The number of benzene rings is 1. The Morgan fingerprint density at radius 2 is 1.92 bits per heavy atom. The van der Waals surface area contributed by atoms with Crippen LogP contribution in [0, 0.1) is 5.92 Å². The SMILES string of the molecule is CC1CCCCN1CC1CCCN(Cc2cccc(N)c2)C1.Cl.Cl. The molecule has 0 saturated carbocycles. The van der Waals surface area contributed by atoms with Crippen LogP contribution in [0.2, 0.25) is 0 Å². The summed E-state index contributed by atoms with van der Waals surface area (Å²) in [5, 5.41) is 0. The Balaban J connectivity index is 0.00000144. The van der Waals surface area contributed by atoms with Crippen LogP contribution in [-0.2, 0) is 6.54 Å². The van der Waals surface area contributed by atoms with Crippen molar-refractivity contribution >= 4 is 30.5 Å². The molecule has 0 amide bonds. The van der Waals surface area contributed by atoms with E-state index in [1.807, 2.05) is 6.07 Å². The highest BCUT2D eigenvalue weighted by molar-refractivity contribution is 5.85. The zero-order valence-electron chi connectivity index (χ0n) is 14.8. The lowest BCUT2D eigenvalue weighted by Gasteiger charge is -2.39. The minimum Gasteiger partial charge on any atom is -0.399 e. The molecule has 138 valence electrons. The quantitative estimate of drug-likeness (QED) is 0.802. The number of halogens is 2. The highest BCUT2D eigenvalue weighted by Crippen LogP contribution is 2.24. The van der Waals surface area contributed by atoms with Crippen molar-refractivity contribution in [2.75, 3.05) is 31.9 Å². The molecule has 24 heavy (non-hydrogen) atoms. The fourth-order valence-electron chi connectivity index (χ4n) is 4.15. The van der Waals surface area contributed by atoms with E-state index >= 15 is 0 Å². The molecule has 2 atom stereocenters. The first-order valence-electron chi connectivity index (χ1n) is 9.01. The summed E-state index contributed by atoms with van der Waals surface area (Å²) in [6, 6.07) is 9.16. The Morgan fingerprint density at radius 3 is 2.67 bits per heavy atom. The summed E-state index contributed by atoms with van der Waals surface area (Å²) in [5.74, 6) is 0.843. The van der Waals surface area contributed by atoms with E-state index in [1.54, 1.807) is 0 Å². The second kappa shape index (κ2) is 10.5. The molecule has 2 aliphatic heterocycles. The van der Waals surface area contributed by atoms with E-state index in [-0.39, 0.29) is 24.8 Å². The number of nitrogens with zero attached hydrogens (tertiary/aromatic N) is 2. The van der Waals surface area contributed by atoms with E-state index in [2.05, 4.69) is 34.9 Å². The van der Waals surface area contributed by atoms with Gasteiger partial charge in [-0.3, -0.25) is 4.90 Å². The fraction of sp³-hybridized carbons (Fsp3) is 0.684. The molecule has 2 aliphatic rings. The second-order valence-electron chi connectivity index (χ2n) is 7.33. The van der Waals surface area contributed by atoms with Crippen LogP contribution in [0.3, 0.4) is 0 Å². The van der Waals surface area contributed by atoms with E-state index in [4.69, 9.17) is 5.73 Å². The van der Waals surface area contributed by atoms with E-state index in [1.165, 1.54) is 63.8 Å². The number of nitrogens with two attached hydrogens (primary N) is 1. The Labute approximate surface area is 159 Å². The fourth-order valence-corrected chi connectivity index (χ4v) is 4.15. The molecule has 0 aliphatic carbocycles. The zero-order chi connectivity index (χ0) is 15.4. The summed E-state index contributed by atoms with van der Waals surface area (Å²) in [5.41, 5.74) is 8.14. The summed E-state index contributed by atoms with van der Waals surface area (Å²) in [4.78, 5) is 5.36. The Morgan fingerprint density at radius 1 is 1.08 bits per heavy atom. The van der Waals surface area contributed by atoms with Crippen molar-refractivity contribution in [1.29, 1.82) is 0 Å². The molecule has 0 radical (unpaired) electrons. The number of piperidine rings is 2. The minimum absolute atomic E-state index is 0. The molecule has 2 saturated heterocycles. The predicted octanol–water partition coefficient (Wildman–Crippen LogP) is 4.20. The van der Waals surface area contributed by atoms with Crippen LogP contribution in [0.4, 0.5) is 5.69 Å². The normalized spacial score (nSPS) is 25.5. The molecule has 1 aromatic rings. The van der Waals surface area contributed by atoms with E-state index in [9.17, 15) is 0 Å². The largest absolute Gasteiger partial charge is 0.399 e. The van der Waals surface area contributed by atoms with Crippen molar-refractivity contribution in [3.05, 3.63) is 29.8 Å². The number of nitrogen functional groups attached to an aromatic ring is 1. The molecule has 1 aromatic carbocycles. The lowest BCUT2D eigenvalue weighted by molar-refractivity contribution is 0.0913. The van der Waals surface area contributed by atoms with Gasteiger partial charge in [-0.15, -0.1) is 24.8 Å². The first-order valence-corrected chi connectivity index (χ1v) is 9.01. The average Bonchev–Trinajstić information content (AvgIpc) is 2.50. The van der Waals surface area contributed by atoms with Crippen molar-refractivity contribution in [3.63, 3.8) is 0 Å². The third-order valence-electron chi connectivity index (χ3n) is 5.39. The summed E-state index contributed by atoms with van der Waals surface area (Å²) >= 11 is 0. The van der Waals surface area contributed by atoms with Crippen molar-refractivity contribution in [2.24, 2.45) is 5.92 Å². The third kappa shape index (κ3) is 6.11. The Bertz CT molecular complexity index is 483. The summed E-state index contributed by atoms with van der Waals surface area (Å²) in [6.07, 6.45) is 6.94. The zero-order valence-corrected chi connectivity index (χ0v) is 16.5. The van der Waals surface area contributed by atoms with Gasteiger partial charge in [0.25, 0.3) is 0 Å². The molecule has 3 rings (SSSR count). The van der Waals surface area contributed by atoms with E-state index in [0.717, 1.165) is 24.2 Å². The summed E-state index contributed by atoms with van der Waals surface area (Å²) in [6.45, 7) is 8.56. The molecule has 5 heteroatoms. The number of hydrogen-bond acceptors (Lipinski definition) is 3. The highest BCUT2D eigenvalue weighted by Gasteiger charge is 2.25. The topological polar surface area (TPSA) is 32.5 Å². The van der Waals surface area contributed by atoms with Crippen molar-refractivity contribution in [1.82, 2.24) is 9.80 Å². The standard InChI is InChI=1S/C19H31N3.2ClH/c1-16-6-2-3-11-22(16)15-18-8-5-10-21(14-18)13-17-7-4-9-19(20)12-17;;/h4,7,9,12,16,18H,2-3,5-6,8,10-11,13-15,20H2,1H3;2*1H. The first kappa shape index (κ1) is 21.6. The van der Waals surface area contributed by atoms with Crippen LogP contribution >= 0.6 is 24.8 Å². The number of likely N-dealkylation sites (tertiary alicyclic amines) is 2. The van der Waals surface area contributed by atoms with Gasteiger partial charge in [-0.1, -0.05) is 18.6 Å². The maximum atomic E-state index is 5.90. The lowest BCUT2D eigenvalue weighted by atomic mass is 9.94. The van der Waals surface area contributed by atoms with E-state index < -0.39 is 0 Å². The first-order chi connectivity index (χ1) is 10.7. The van der Waals surface area contributed by atoms with Gasteiger partial charge in [0, 0.05) is 31.4 Å². The molecule has 2 unspecified atom stereocenters. The molecule has 3 nitrogen and oxygen atoms in total. The van der Waals surface area contributed by atoms with Gasteiger partial charge < -0.3 is 10.6 Å². The van der Waals surface area contributed by atoms with Gasteiger partial charge in [-0.2, -0.15) is 0 Å². The van der Waals surface area contributed by atoms with E-state index in [0.29, 0.717) is 0 Å². The van der Waals surface area contributed by atoms with Crippen LogP contribution in [0.15, 0.2) is 24.3 Å². The van der Waals surface area contributed by atoms with Gasteiger partial charge >= 0.3 is 0 Å². The molecule has 2 fully saturated rings. The number of rotatable bonds is 4.